The van der Waals surface area contributed by atoms with E-state index in [1.54, 1.807) is 0 Å². The fraction of sp³-hybridized carbons (Fsp3) is 0.500. The van der Waals surface area contributed by atoms with E-state index in [1.807, 2.05) is 24.3 Å². The Kier molecular flexibility index (Phi) is 7.26. The third-order valence-corrected chi connectivity index (χ3v) is 2.75. The summed E-state index contributed by atoms with van der Waals surface area (Å²) in [5, 5.41) is 0. The molecule has 0 amide bonds. The zero-order valence-corrected chi connectivity index (χ0v) is 11.4. The molecule has 0 spiro atoms. The summed E-state index contributed by atoms with van der Waals surface area (Å²) in [5.41, 5.74) is 1.25. The van der Waals surface area contributed by atoms with E-state index in [1.165, 1.54) is 12.7 Å². The molecule has 0 bridgehead atoms. The maximum absolute atomic E-state index is 10.9. The van der Waals surface area contributed by atoms with Crippen molar-refractivity contribution in [1.82, 2.24) is 0 Å². The number of halogens is 1. The van der Waals surface area contributed by atoms with Gasteiger partial charge in [-0.3, -0.25) is 4.79 Å². The van der Waals surface area contributed by atoms with Crippen molar-refractivity contribution in [2.75, 3.05) is 19.6 Å². The molecule has 0 N–H and O–H groups in total. The van der Waals surface area contributed by atoms with Gasteiger partial charge in [0.25, 0.3) is 0 Å². The van der Waals surface area contributed by atoms with Crippen molar-refractivity contribution in [3.05, 3.63) is 29.8 Å². The van der Waals surface area contributed by atoms with Crippen LogP contribution in [-0.2, 0) is 16.0 Å². The van der Waals surface area contributed by atoms with Gasteiger partial charge < -0.3 is 9.47 Å². The van der Waals surface area contributed by atoms with Crippen LogP contribution in [0.4, 0.5) is 0 Å². The van der Waals surface area contributed by atoms with E-state index in [0.717, 1.165) is 25.0 Å². The van der Waals surface area contributed by atoms with Crippen molar-refractivity contribution in [3.8, 4) is 5.75 Å². The summed E-state index contributed by atoms with van der Waals surface area (Å²) in [7, 11) is 1.42. The van der Waals surface area contributed by atoms with Gasteiger partial charge in [-0.05, 0) is 37.0 Å². The third kappa shape index (κ3) is 5.92. The number of carbonyl (C=O) groups is 1. The molecule has 0 heterocycles. The summed E-state index contributed by atoms with van der Waals surface area (Å²) in [6, 6.07) is 7.98. The van der Waals surface area contributed by atoms with Gasteiger partial charge in [0.15, 0.2) is 0 Å². The van der Waals surface area contributed by atoms with Gasteiger partial charge in [-0.15, -0.1) is 11.6 Å². The average molecular weight is 271 g/mol. The minimum Gasteiger partial charge on any atom is -0.492 e. The van der Waals surface area contributed by atoms with Gasteiger partial charge in [-0.25, -0.2) is 0 Å². The molecule has 0 aliphatic rings. The van der Waals surface area contributed by atoms with Crippen LogP contribution in [0.2, 0.25) is 0 Å². The fourth-order valence-electron chi connectivity index (χ4n) is 1.61. The molecule has 4 heteroatoms. The Morgan fingerprint density at radius 2 is 1.94 bits per heavy atom. The summed E-state index contributed by atoms with van der Waals surface area (Å²) in [6.45, 7) is 0.528. The van der Waals surface area contributed by atoms with Crippen LogP contribution in [0.5, 0.6) is 5.75 Å². The lowest BCUT2D eigenvalue weighted by atomic mass is 10.1. The van der Waals surface area contributed by atoms with Crippen LogP contribution in [0.15, 0.2) is 24.3 Å². The van der Waals surface area contributed by atoms with Crippen LogP contribution in [0, 0.1) is 0 Å². The number of ether oxygens (including phenoxy) is 2. The van der Waals surface area contributed by atoms with E-state index < -0.39 is 0 Å². The predicted octanol–water partition coefficient (Wildman–Crippen LogP) is 3.19. The first kappa shape index (κ1) is 14.8. The smallest absolute Gasteiger partial charge is 0.305 e. The maximum atomic E-state index is 10.9. The Labute approximate surface area is 113 Å². The van der Waals surface area contributed by atoms with Gasteiger partial charge in [-0.1, -0.05) is 12.1 Å². The van der Waals surface area contributed by atoms with E-state index in [9.17, 15) is 4.79 Å². The van der Waals surface area contributed by atoms with Crippen LogP contribution < -0.4 is 4.74 Å². The molecule has 100 valence electrons. The van der Waals surface area contributed by atoms with Crippen molar-refractivity contribution >= 4 is 17.6 Å². The highest BCUT2D eigenvalue weighted by molar-refractivity contribution is 6.17. The standard InChI is InChI=1S/C14H19ClO3/c1-17-14(16)5-3-2-4-12-6-8-13(9-7-12)18-11-10-15/h6-9H,2-5,10-11H2,1H3. The molecule has 0 fully saturated rings. The SMILES string of the molecule is COC(=O)CCCCc1ccc(OCCCl)cc1. The van der Waals surface area contributed by atoms with E-state index in [0.29, 0.717) is 18.9 Å². The zero-order valence-electron chi connectivity index (χ0n) is 10.7. The second kappa shape index (κ2) is 8.81. The second-order valence-electron chi connectivity index (χ2n) is 3.96. The summed E-state index contributed by atoms with van der Waals surface area (Å²) >= 11 is 5.54. The molecule has 1 aromatic rings. The van der Waals surface area contributed by atoms with Gasteiger partial charge in [0.05, 0.1) is 13.0 Å². The molecular formula is C14H19ClO3. The maximum Gasteiger partial charge on any atom is 0.305 e. The van der Waals surface area contributed by atoms with E-state index in [2.05, 4.69) is 4.74 Å². The van der Waals surface area contributed by atoms with Crippen molar-refractivity contribution in [2.45, 2.75) is 25.7 Å². The normalized spacial score (nSPS) is 10.1. The zero-order chi connectivity index (χ0) is 13.2. The largest absolute Gasteiger partial charge is 0.492 e. The molecule has 0 aliphatic heterocycles. The number of benzene rings is 1. The van der Waals surface area contributed by atoms with Gasteiger partial charge >= 0.3 is 5.97 Å². The van der Waals surface area contributed by atoms with Gasteiger partial charge in [0, 0.05) is 6.42 Å². The molecular weight excluding hydrogens is 252 g/mol. The topological polar surface area (TPSA) is 35.5 Å². The number of carbonyl (C=O) groups excluding carboxylic acids is 1. The lowest BCUT2D eigenvalue weighted by Crippen LogP contribution is -2.00. The number of methoxy groups -OCH3 is 1. The van der Waals surface area contributed by atoms with Crippen LogP contribution in [0.3, 0.4) is 0 Å². The van der Waals surface area contributed by atoms with Crippen molar-refractivity contribution in [2.24, 2.45) is 0 Å². The molecule has 0 unspecified atom stereocenters. The monoisotopic (exact) mass is 270 g/mol. The first-order valence-electron chi connectivity index (χ1n) is 6.11. The Bertz CT molecular complexity index is 349. The number of aryl methyl sites for hydroxylation is 1. The molecule has 0 atom stereocenters. The molecule has 0 aliphatic carbocycles. The molecule has 3 nitrogen and oxygen atoms in total. The lowest BCUT2D eigenvalue weighted by molar-refractivity contribution is -0.140. The number of unbranched alkanes of at least 4 members (excludes halogenated alkanes) is 1. The molecule has 0 saturated heterocycles. The molecule has 18 heavy (non-hydrogen) atoms. The first-order chi connectivity index (χ1) is 8.76. The predicted molar refractivity (Wildman–Crippen MR) is 72.2 cm³/mol. The second-order valence-corrected chi connectivity index (χ2v) is 4.34. The number of esters is 1. The quantitative estimate of drug-likeness (QED) is 0.413. The van der Waals surface area contributed by atoms with Crippen LogP contribution >= 0.6 is 11.6 Å². The first-order valence-corrected chi connectivity index (χ1v) is 6.64. The van der Waals surface area contributed by atoms with E-state index in [-0.39, 0.29) is 5.97 Å². The lowest BCUT2D eigenvalue weighted by Gasteiger charge is -2.05. The summed E-state index contributed by atoms with van der Waals surface area (Å²) in [6.07, 6.45) is 3.30. The number of rotatable bonds is 8. The minimum atomic E-state index is -0.139. The number of alkyl halides is 1. The van der Waals surface area contributed by atoms with Crippen LogP contribution in [0.25, 0.3) is 0 Å². The summed E-state index contributed by atoms with van der Waals surface area (Å²) < 4.78 is 9.98. The highest BCUT2D eigenvalue weighted by Gasteiger charge is 2.00. The van der Waals surface area contributed by atoms with Crippen molar-refractivity contribution < 1.29 is 14.3 Å². The van der Waals surface area contributed by atoms with Crippen LogP contribution in [-0.4, -0.2) is 25.6 Å². The number of hydrogen-bond donors (Lipinski definition) is 0. The number of hydrogen-bond acceptors (Lipinski definition) is 3. The van der Waals surface area contributed by atoms with Crippen molar-refractivity contribution in [1.29, 1.82) is 0 Å². The third-order valence-electron chi connectivity index (χ3n) is 2.59. The summed E-state index contributed by atoms with van der Waals surface area (Å²) in [4.78, 5) is 10.9. The van der Waals surface area contributed by atoms with E-state index >= 15 is 0 Å². The molecule has 0 aromatic heterocycles. The Hall–Kier alpha value is -1.22. The highest BCUT2D eigenvalue weighted by atomic mass is 35.5. The Morgan fingerprint density at radius 1 is 1.22 bits per heavy atom. The molecule has 1 rings (SSSR count). The van der Waals surface area contributed by atoms with Gasteiger partial charge in [-0.2, -0.15) is 0 Å². The Balaban J connectivity index is 2.24. The van der Waals surface area contributed by atoms with Gasteiger partial charge in [0.2, 0.25) is 0 Å². The molecule has 0 saturated carbocycles. The van der Waals surface area contributed by atoms with Crippen LogP contribution in [0.1, 0.15) is 24.8 Å². The Morgan fingerprint density at radius 3 is 2.56 bits per heavy atom. The average Bonchev–Trinajstić information content (AvgIpc) is 2.42. The molecule has 1 aromatic carbocycles. The fourth-order valence-corrected chi connectivity index (χ4v) is 1.69. The minimum absolute atomic E-state index is 0.139. The molecule has 0 radical (unpaired) electrons. The summed E-state index contributed by atoms with van der Waals surface area (Å²) in [5.74, 6) is 1.20. The van der Waals surface area contributed by atoms with Crippen molar-refractivity contribution in [3.63, 3.8) is 0 Å². The highest BCUT2D eigenvalue weighted by Crippen LogP contribution is 2.14. The van der Waals surface area contributed by atoms with Gasteiger partial charge in [0.1, 0.15) is 12.4 Å². The van der Waals surface area contributed by atoms with E-state index in [4.69, 9.17) is 16.3 Å².